The van der Waals surface area contributed by atoms with Gasteiger partial charge in [-0.2, -0.15) is 0 Å². The SMILES string of the molecule is O=C(Nc1ccc(C2CC2)cc1)[C@H]1CCCN1Cc1cccc2c1OCC2. The van der Waals surface area contributed by atoms with Crippen LogP contribution in [0.2, 0.25) is 0 Å². The standard InChI is InChI=1S/C23H26N2O2/c26-23(24-20-10-8-17(9-11-20)16-6-7-16)21-5-2-13-25(21)15-19-4-1-3-18-12-14-27-22(18)19/h1,3-4,8-11,16,21H,2,5-7,12-15H2,(H,24,26)/t21-/m1/s1. The number of rotatable bonds is 5. The van der Waals surface area contributed by atoms with Gasteiger partial charge in [0.2, 0.25) is 5.91 Å². The molecule has 4 heteroatoms. The molecule has 2 aromatic rings. The summed E-state index contributed by atoms with van der Waals surface area (Å²) in [6.45, 7) is 2.51. The van der Waals surface area contributed by atoms with Gasteiger partial charge in [-0.3, -0.25) is 9.69 Å². The maximum Gasteiger partial charge on any atom is 0.241 e. The van der Waals surface area contributed by atoms with E-state index in [0.29, 0.717) is 0 Å². The van der Waals surface area contributed by atoms with Crippen LogP contribution >= 0.6 is 0 Å². The highest BCUT2D eigenvalue weighted by Crippen LogP contribution is 2.40. The Morgan fingerprint density at radius 1 is 1.11 bits per heavy atom. The van der Waals surface area contributed by atoms with Crippen LogP contribution in [0.25, 0.3) is 0 Å². The first-order valence-electron chi connectivity index (χ1n) is 10.2. The van der Waals surface area contributed by atoms with E-state index in [1.54, 1.807) is 0 Å². The molecule has 4 nitrogen and oxygen atoms in total. The maximum absolute atomic E-state index is 12.9. The van der Waals surface area contributed by atoms with Gasteiger partial charge in [-0.1, -0.05) is 30.3 Å². The predicted molar refractivity (Wildman–Crippen MR) is 106 cm³/mol. The van der Waals surface area contributed by atoms with Gasteiger partial charge in [0.25, 0.3) is 0 Å². The summed E-state index contributed by atoms with van der Waals surface area (Å²) in [5, 5.41) is 3.13. The molecular weight excluding hydrogens is 336 g/mol. The second-order valence-electron chi connectivity index (χ2n) is 8.02. The van der Waals surface area contributed by atoms with E-state index in [1.807, 2.05) is 12.1 Å². The third-order valence-corrected chi connectivity index (χ3v) is 6.06. The monoisotopic (exact) mass is 362 g/mol. The van der Waals surface area contributed by atoms with Crippen LogP contribution in [0.1, 0.15) is 48.3 Å². The fourth-order valence-corrected chi connectivity index (χ4v) is 4.42. The van der Waals surface area contributed by atoms with Gasteiger partial charge in [-0.25, -0.2) is 0 Å². The molecule has 1 amide bonds. The van der Waals surface area contributed by atoms with E-state index in [4.69, 9.17) is 4.74 Å². The zero-order valence-corrected chi connectivity index (χ0v) is 15.6. The largest absolute Gasteiger partial charge is 0.493 e. The van der Waals surface area contributed by atoms with Crippen LogP contribution in [0.3, 0.4) is 0 Å². The van der Waals surface area contributed by atoms with E-state index in [-0.39, 0.29) is 11.9 Å². The number of hydrogen-bond donors (Lipinski definition) is 1. The number of benzene rings is 2. The molecule has 1 N–H and O–H groups in total. The highest BCUT2D eigenvalue weighted by molar-refractivity contribution is 5.95. The Bertz CT molecular complexity index is 842. The lowest BCUT2D eigenvalue weighted by Gasteiger charge is -2.24. The zero-order chi connectivity index (χ0) is 18.2. The Balaban J connectivity index is 1.26. The third kappa shape index (κ3) is 3.46. The first kappa shape index (κ1) is 16.8. The molecular formula is C23H26N2O2. The van der Waals surface area contributed by atoms with E-state index in [2.05, 4.69) is 40.5 Å². The fraction of sp³-hybridized carbons (Fsp3) is 0.435. The lowest BCUT2D eigenvalue weighted by Crippen LogP contribution is -2.39. The molecule has 0 spiro atoms. The molecule has 3 aliphatic rings. The van der Waals surface area contributed by atoms with Crippen LogP contribution in [0.15, 0.2) is 42.5 Å². The Hall–Kier alpha value is -2.33. The number of nitrogens with zero attached hydrogens (tertiary/aromatic N) is 1. The van der Waals surface area contributed by atoms with Crippen LogP contribution in [0.5, 0.6) is 5.75 Å². The molecule has 0 aromatic heterocycles. The summed E-state index contributed by atoms with van der Waals surface area (Å²) in [5.74, 6) is 1.90. The second-order valence-corrected chi connectivity index (χ2v) is 8.02. The van der Waals surface area contributed by atoms with Crippen molar-refractivity contribution in [2.45, 2.75) is 50.6 Å². The summed E-state index contributed by atoms with van der Waals surface area (Å²) in [6, 6.07) is 14.7. The molecule has 140 valence electrons. The number of carbonyl (C=O) groups is 1. The van der Waals surface area contributed by atoms with Gasteiger partial charge >= 0.3 is 0 Å². The minimum absolute atomic E-state index is 0.0645. The van der Waals surface area contributed by atoms with Crippen LogP contribution in [0, 0.1) is 0 Å². The molecule has 5 rings (SSSR count). The zero-order valence-electron chi connectivity index (χ0n) is 15.6. The molecule has 2 fully saturated rings. The number of para-hydroxylation sites is 1. The lowest BCUT2D eigenvalue weighted by atomic mass is 10.1. The molecule has 2 heterocycles. The predicted octanol–water partition coefficient (Wildman–Crippen LogP) is 4.10. The Morgan fingerprint density at radius 2 is 1.96 bits per heavy atom. The highest BCUT2D eigenvalue weighted by atomic mass is 16.5. The molecule has 0 unspecified atom stereocenters. The number of anilines is 1. The normalized spacial score (nSPS) is 21.7. The van der Waals surface area contributed by atoms with Crippen LogP contribution in [-0.2, 0) is 17.8 Å². The first-order valence-corrected chi connectivity index (χ1v) is 10.2. The summed E-state index contributed by atoms with van der Waals surface area (Å²) in [7, 11) is 0. The molecule has 1 saturated heterocycles. The van der Waals surface area contributed by atoms with Crippen molar-refractivity contribution < 1.29 is 9.53 Å². The van der Waals surface area contributed by atoms with Crippen molar-refractivity contribution in [3.05, 3.63) is 59.2 Å². The topological polar surface area (TPSA) is 41.6 Å². The van der Waals surface area contributed by atoms with Gasteiger partial charge in [-0.05, 0) is 61.4 Å². The average molecular weight is 362 g/mol. The van der Waals surface area contributed by atoms with Crippen molar-refractivity contribution in [3.63, 3.8) is 0 Å². The second kappa shape index (κ2) is 7.01. The number of carbonyl (C=O) groups excluding carboxylic acids is 1. The van der Waals surface area contributed by atoms with E-state index < -0.39 is 0 Å². The smallest absolute Gasteiger partial charge is 0.241 e. The van der Waals surface area contributed by atoms with Gasteiger partial charge < -0.3 is 10.1 Å². The third-order valence-electron chi connectivity index (χ3n) is 6.06. The number of ether oxygens (including phenoxy) is 1. The molecule has 0 bridgehead atoms. The van der Waals surface area contributed by atoms with Crippen molar-refractivity contribution >= 4 is 11.6 Å². The van der Waals surface area contributed by atoms with Gasteiger partial charge in [0.15, 0.2) is 0 Å². The average Bonchev–Trinajstić information content (AvgIpc) is 3.23. The van der Waals surface area contributed by atoms with E-state index >= 15 is 0 Å². The molecule has 1 atom stereocenters. The summed E-state index contributed by atoms with van der Waals surface area (Å²) in [5.41, 5.74) is 4.80. The summed E-state index contributed by atoms with van der Waals surface area (Å²) >= 11 is 0. The Morgan fingerprint density at radius 3 is 2.78 bits per heavy atom. The fourth-order valence-electron chi connectivity index (χ4n) is 4.42. The van der Waals surface area contributed by atoms with E-state index in [9.17, 15) is 4.79 Å². The van der Waals surface area contributed by atoms with Crippen LogP contribution in [-0.4, -0.2) is 30.0 Å². The molecule has 1 saturated carbocycles. The van der Waals surface area contributed by atoms with Gasteiger partial charge in [0.1, 0.15) is 5.75 Å². The van der Waals surface area contributed by atoms with Gasteiger partial charge in [-0.15, -0.1) is 0 Å². The van der Waals surface area contributed by atoms with Crippen molar-refractivity contribution in [2.75, 3.05) is 18.5 Å². The van der Waals surface area contributed by atoms with Gasteiger partial charge in [0.05, 0.1) is 12.6 Å². The molecule has 1 aliphatic carbocycles. The molecule has 2 aromatic carbocycles. The highest BCUT2D eigenvalue weighted by Gasteiger charge is 2.32. The van der Waals surface area contributed by atoms with E-state index in [0.717, 1.165) is 56.3 Å². The first-order chi connectivity index (χ1) is 13.3. The van der Waals surface area contributed by atoms with Crippen LogP contribution < -0.4 is 10.1 Å². The van der Waals surface area contributed by atoms with E-state index in [1.165, 1.54) is 29.5 Å². The van der Waals surface area contributed by atoms with Crippen molar-refractivity contribution in [1.29, 1.82) is 0 Å². The Kier molecular flexibility index (Phi) is 4.36. The number of fused-ring (bicyclic) bond motifs is 1. The number of nitrogens with one attached hydrogen (secondary N) is 1. The minimum atomic E-state index is -0.0645. The molecule has 0 radical (unpaired) electrons. The molecule has 2 aliphatic heterocycles. The maximum atomic E-state index is 12.9. The molecule has 27 heavy (non-hydrogen) atoms. The lowest BCUT2D eigenvalue weighted by molar-refractivity contribution is -0.120. The van der Waals surface area contributed by atoms with Crippen LogP contribution in [0.4, 0.5) is 5.69 Å². The van der Waals surface area contributed by atoms with Crippen molar-refractivity contribution in [3.8, 4) is 5.75 Å². The summed E-state index contributed by atoms with van der Waals surface area (Å²) in [4.78, 5) is 15.2. The quantitative estimate of drug-likeness (QED) is 0.871. The Labute approximate surface area is 160 Å². The number of amides is 1. The summed E-state index contributed by atoms with van der Waals surface area (Å²) < 4.78 is 5.84. The number of likely N-dealkylation sites (tertiary alicyclic amines) is 1. The van der Waals surface area contributed by atoms with Crippen molar-refractivity contribution in [1.82, 2.24) is 4.90 Å². The van der Waals surface area contributed by atoms with Crippen molar-refractivity contribution in [2.24, 2.45) is 0 Å². The number of hydrogen-bond acceptors (Lipinski definition) is 3. The summed E-state index contributed by atoms with van der Waals surface area (Å²) in [6.07, 6.45) is 5.58. The minimum Gasteiger partial charge on any atom is -0.493 e. The van der Waals surface area contributed by atoms with Gasteiger partial charge in [0, 0.05) is 24.2 Å².